The summed E-state index contributed by atoms with van der Waals surface area (Å²) in [5, 5.41) is 11.5. The molecule has 12 heteroatoms. The lowest BCUT2D eigenvalue weighted by atomic mass is 10.2. The summed E-state index contributed by atoms with van der Waals surface area (Å²) in [6.45, 7) is 5.88. The van der Waals surface area contributed by atoms with Gasteiger partial charge in [0.05, 0.1) is 17.1 Å². The van der Waals surface area contributed by atoms with Crippen molar-refractivity contribution in [2.45, 2.75) is 36.1 Å². The molecule has 0 fully saturated rings. The Morgan fingerprint density at radius 2 is 2.00 bits per heavy atom. The standard InChI is InChI=1S/C22H23ClN4O4S3/c1-13(2)12-32-22-26-25-21(33-22)24-20(28)19-11-27(17-10-15(23)6-9-18(17)31-19)34(29,30)16-7-4-14(3)5-8-16/h4-10,13,19H,11-12H2,1-3H3,(H,24,25,28)/t19-/m0/s1. The number of anilines is 2. The first-order valence-electron chi connectivity index (χ1n) is 10.5. The van der Waals surface area contributed by atoms with Gasteiger partial charge in [-0.25, -0.2) is 8.42 Å². The minimum Gasteiger partial charge on any atom is -0.476 e. The fourth-order valence-electron chi connectivity index (χ4n) is 3.17. The van der Waals surface area contributed by atoms with Gasteiger partial charge in [-0.15, -0.1) is 10.2 Å². The van der Waals surface area contributed by atoms with Gasteiger partial charge in [0.15, 0.2) is 10.4 Å². The van der Waals surface area contributed by atoms with Crippen LogP contribution in [0.25, 0.3) is 0 Å². The fourth-order valence-corrected chi connectivity index (χ4v) is 6.53. The number of carbonyl (C=O) groups is 1. The van der Waals surface area contributed by atoms with Crippen LogP contribution in [0.3, 0.4) is 0 Å². The Morgan fingerprint density at radius 3 is 2.71 bits per heavy atom. The van der Waals surface area contributed by atoms with Crippen molar-refractivity contribution in [1.82, 2.24) is 10.2 Å². The molecule has 0 saturated carbocycles. The normalized spacial score (nSPS) is 15.7. The van der Waals surface area contributed by atoms with Crippen LogP contribution in [0.2, 0.25) is 5.02 Å². The summed E-state index contributed by atoms with van der Waals surface area (Å²) >= 11 is 8.97. The van der Waals surface area contributed by atoms with Gasteiger partial charge in [-0.05, 0) is 43.2 Å². The maximum absolute atomic E-state index is 13.5. The molecule has 0 aliphatic carbocycles. The molecule has 1 aliphatic rings. The third-order valence-electron chi connectivity index (χ3n) is 4.87. The summed E-state index contributed by atoms with van der Waals surface area (Å²) in [5.41, 5.74) is 1.21. The molecular weight excluding hydrogens is 516 g/mol. The number of hydrogen-bond donors (Lipinski definition) is 1. The van der Waals surface area contributed by atoms with E-state index < -0.39 is 22.0 Å². The van der Waals surface area contributed by atoms with Gasteiger partial charge in [0.25, 0.3) is 15.9 Å². The van der Waals surface area contributed by atoms with Gasteiger partial charge in [0.1, 0.15) is 5.75 Å². The molecule has 0 radical (unpaired) electrons. The molecule has 1 atom stereocenters. The number of thioether (sulfide) groups is 1. The molecule has 2 aromatic carbocycles. The van der Waals surface area contributed by atoms with E-state index >= 15 is 0 Å². The van der Waals surface area contributed by atoms with Gasteiger partial charge in [0.2, 0.25) is 5.13 Å². The average molecular weight is 539 g/mol. The second-order valence-corrected chi connectivity index (χ2v) is 12.7. The van der Waals surface area contributed by atoms with Gasteiger partial charge in [0, 0.05) is 10.8 Å². The van der Waals surface area contributed by atoms with E-state index in [4.69, 9.17) is 16.3 Å². The van der Waals surface area contributed by atoms with Crippen LogP contribution in [0, 0.1) is 12.8 Å². The molecule has 0 bridgehead atoms. The summed E-state index contributed by atoms with van der Waals surface area (Å²) < 4.78 is 34.8. The first-order chi connectivity index (χ1) is 16.1. The smallest absolute Gasteiger partial charge is 0.269 e. The Bertz CT molecular complexity index is 1300. The number of nitrogens with zero attached hydrogens (tertiary/aromatic N) is 3. The zero-order valence-electron chi connectivity index (χ0n) is 18.7. The maximum atomic E-state index is 13.5. The first-order valence-corrected chi connectivity index (χ1v) is 14.1. The van der Waals surface area contributed by atoms with Crippen LogP contribution in [0.4, 0.5) is 10.8 Å². The molecule has 0 unspecified atom stereocenters. The average Bonchev–Trinajstić information content (AvgIpc) is 3.24. The quantitative estimate of drug-likeness (QED) is 0.339. The molecule has 180 valence electrons. The number of sulfonamides is 1. The summed E-state index contributed by atoms with van der Waals surface area (Å²) in [6.07, 6.45) is -1.09. The van der Waals surface area contributed by atoms with Crippen molar-refractivity contribution in [1.29, 1.82) is 0 Å². The number of amides is 1. The van der Waals surface area contributed by atoms with Crippen LogP contribution in [-0.2, 0) is 14.8 Å². The van der Waals surface area contributed by atoms with Crippen LogP contribution in [0.1, 0.15) is 19.4 Å². The molecule has 4 rings (SSSR count). The molecule has 3 aromatic rings. The second kappa shape index (κ2) is 10.1. The number of fused-ring (bicyclic) bond motifs is 1. The number of nitrogens with one attached hydrogen (secondary N) is 1. The van der Waals surface area contributed by atoms with E-state index in [1.165, 1.54) is 29.5 Å². The Hall–Kier alpha value is -2.34. The predicted molar refractivity (Wildman–Crippen MR) is 136 cm³/mol. The lowest BCUT2D eigenvalue weighted by molar-refractivity contribution is -0.122. The van der Waals surface area contributed by atoms with Gasteiger partial charge < -0.3 is 4.74 Å². The molecule has 1 aromatic heterocycles. The number of ether oxygens (including phenoxy) is 1. The van der Waals surface area contributed by atoms with Crippen LogP contribution in [0.5, 0.6) is 5.75 Å². The number of rotatable bonds is 7. The highest BCUT2D eigenvalue weighted by molar-refractivity contribution is 8.01. The molecule has 1 aliphatic heterocycles. The lowest BCUT2D eigenvalue weighted by Gasteiger charge is -2.34. The SMILES string of the molecule is Cc1ccc(S(=O)(=O)N2C[C@@H](C(=O)Nc3nnc(SCC(C)C)s3)Oc3ccc(Cl)cc32)cc1. The van der Waals surface area contributed by atoms with Crippen molar-refractivity contribution < 1.29 is 17.9 Å². The van der Waals surface area contributed by atoms with Crippen LogP contribution >= 0.6 is 34.7 Å². The molecular formula is C22H23ClN4O4S3. The highest BCUT2D eigenvalue weighted by Gasteiger charge is 2.38. The predicted octanol–water partition coefficient (Wildman–Crippen LogP) is 4.84. The summed E-state index contributed by atoms with van der Waals surface area (Å²) in [5.74, 6) is 1.12. The van der Waals surface area contributed by atoms with Gasteiger partial charge in [-0.2, -0.15) is 0 Å². The number of halogens is 1. The van der Waals surface area contributed by atoms with E-state index in [0.29, 0.717) is 16.1 Å². The Kier molecular flexibility index (Phi) is 7.36. The van der Waals surface area contributed by atoms with E-state index in [1.54, 1.807) is 36.0 Å². The van der Waals surface area contributed by atoms with Gasteiger partial charge in [-0.1, -0.05) is 66.2 Å². The van der Waals surface area contributed by atoms with Crippen molar-refractivity contribution in [3.05, 3.63) is 53.1 Å². The number of carbonyl (C=O) groups excluding carboxylic acids is 1. The second-order valence-electron chi connectivity index (χ2n) is 8.13. The Labute approximate surface area is 211 Å². The lowest BCUT2D eigenvalue weighted by Crippen LogP contribution is -2.48. The van der Waals surface area contributed by atoms with Crippen LogP contribution in [-0.4, -0.2) is 42.9 Å². The van der Waals surface area contributed by atoms with Gasteiger partial charge >= 0.3 is 0 Å². The molecule has 8 nitrogen and oxygen atoms in total. The first kappa shape index (κ1) is 24.8. The topological polar surface area (TPSA) is 101 Å². The maximum Gasteiger partial charge on any atom is 0.269 e. The number of aromatic nitrogens is 2. The van der Waals surface area contributed by atoms with Crippen LogP contribution in [0.15, 0.2) is 51.7 Å². The summed E-state index contributed by atoms with van der Waals surface area (Å²) in [6, 6.07) is 11.2. The largest absolute Gasteiger partial charge is 0.476 e. The molecule has 2 heterocycles. The van der Waals surface area contributed by atoms with Crippen LogP contribution < -0.4 is 14.4 Å². The third kappa shape index (κ3) is 5.48. The Balaban J connectivity index is 1.59. The monoisotopic (exact) mass is 538 g/mol. The van der Waals surface area contributed by atoms with E-state index in [0.717, 1.165) is 20.0 Å². The third-order valence-corrected chi connectivity index (χ3v) is 9.30. The fraction of sp³-hybridized carbons (Fsp3) is 0.318. The highest BCUT2D eigenvalue weighted by atomic mass is 35.5. The summed E-state index contributed by atoms with van der Waals surface area (Å²) in [4.78, 5) is 13.1. The van der Waals surface area contributed by atoms with Crippen molar-refractivity contribution in [2.75, 3.05) is 21.9 Å². The highest BCUT2D eigenvalue weighted by Crippen LogP contribution is 2.39. The minimum atomic E-state index is -3.97. The van der Waals surface area contributed by atoms with E-state index in [9.17, 15) is 13.2 Å². The van der Waals surface area contributed by atoms with Gasteiger partial charge in [-0.3, -0.25) is 14.4 Å². The van der Waals surface area contributed by atoms with E-state index in [-0.39, 0.29) is 22.9 Å². The number of benzene rings is 2. The summed E-state index contributed by atoms with van der Waals surface area (Å²) in [7, 11) is -3.97. The zero-order valence-corrected chi connectivity index (χ0v) is 21.9. The number of aryl methyl sites for hydroxylation is 1. The molecule has 1 N–H and O–H groups in total. The van der Waals surface area contributed by atoms with Crippen molar-refractivity contribution in [3.8, 4) is 5.75 Å². The molecule has 0 saturated heterocycles. The molecule has 1 amide bonds. The van der Waals surface area contributed by atoms with Crippen molar-refractivity contribution >= 4 is 61.4 Å². The van der Waals surface area contributed by atoms with Crippen molar-refractivity contribution in [2.24, 2.45) is 5.92 Å². The number of hydrogen-bond acceptors (Lipinski definition) is 8. The Morgan fingerprint density at radius 1 is 1.26 bits per heavy atom. The zero-order chi connectivity index (χ0) is 24.5. The van der Waals surface area contributed by atoms with E-state index in [2.05, 4.69) is 29.4 Å². The minimum absolute atomic E-state index is 0.112. The molecule has 34 heavy (non-hydrogen) atoms. The van der Waals surface area contributed by atoms with E-state index in [1.807, 2.05) is 6.92 Å². The van der Waals surface area contributed by atoms with Crippen molar-refractivity contribution in [3.63, 3.8) is 0 Å². The molecule has 0 spiro atoms.